The molecule has 0 spiro atoms. The second kappa shape index (κ2) is 9.36. The molecule has 0 aliphatic carbocycles. The summed E-state index contributed by atoms with van der Waals surface area (Å²) in [6.45, 7) is 4.73. The molecule has 2 saturated heterocycles. The highest BCUT2D eigenvalue weighted by molar-refractivity contribution is 5.89. The third-order valence-corrected chi connectivity index (χ3v) is 5.44. The monoisotopic (exact) mass is 425 g/mol. The number of nitrogens with one attached hydrogen (secondary N) is 3. The maximum atomic E-state index is 12.3. The molecule has 2 heterocycles. The van der Waals surface area contributed by atoms with E-state index in [4.69, 9.17) is 14.2 Å². The Kier molecular flexibility index (Phi) is 6.39. The van der Waals surface area contributed by atoms with Crippen molar-refractivity contribution in [2.45, 2.75) is 44.1 Å². The van der Waals surface area contributed by atoms with Gasteiger partial charge < -0.3 is 24.8 Å². The molecule has 0 saturated carbocycles. The number of hydrogen-bond donors (Lipinski definition) is 3. The highest BCUT2D eigenvalue weighted by Gasteiger charge is 2.50. The first-order valence-corrected chi connectivity index (χ1v) is 10.4. The van der Waals surface area contributed by atoms with Gasteiger partial charge in [0.15, 0.2) is 6.10 Å². The molecule has 0 aromatic heterocycles. The van der Waals surface area contributed by atoms with Gasteiger partial charge in [-0.1, -0.05) is 44.2 Å². The summed E-state index contributed by atoms with van der Waals surface area (Å²) in [6, 6.07) is 16.2. The van der Waals surface area contributed by atoms with E-state index in [1.165, 1.54) is 5.56 Å². The van der Waals surface area contributed by atoms with Crippen LogP contribution in [0.2, 0.25) is 0 Å². The Labute approximate surface area is 181 Å². The third kappa shape index (κ3) is 5.15. The van der Waals surface area contributed by atoms with Gasteiger partial charge in [0.05, 0.1) is 19.3 Å². The van der Waals surface area contributed by atoms with Gasteiger partial charge in [-0.15, -0.1) is 0 Å². The Morgan fingerprint density at radius 3 is 2.29 bits per heavy atom. The van der Waals surface area contributed by atoms with Crippen molar-refractivity contribution >= 4 is 23.5 Å². The summed E-state index contributed by atoms with van der Waals surface area (Å²) in [5.41, 5.74) is 2.55. The van der Waals surface area contributed by atoms with E-state index >= 15 is 0 Å². The number of anilines is 2. The van der Waals surface area contributed by atoms with Crippen LogP contribution in [0.3, 0.4) is 0 Å². The Morgan fingerprint density at radius 1 is 0.903 bits per heavy atom. The summed E-state index contributed by atoms with van der Waals surface area (Å²) >= 11 is 0. The molecule has 3 amide bonds. The average Bonchev–Trinajstić information content (AvgIpc) is 3.32. The molecule has 8 heteroatoms. The lowest BCUT2D eigenvalue weighted by Gasteiger charge is -2.18. The number of ether oxygens (including phenoxy) is 3. The molecule has 8 nitrogen and oxygen atoms in total. The molecule has 4 atom stereocenters. The van der Waals surface area contributed by atoms with Crippen LogP contribution in [-0.4, -0.2) is 49.7 Å². The zero-order chi connectivity index (χ0) is 21.8. The molecular weight excluding hydrogens is 398 g/mol. The van der Waals surface area contributed by atoms with Crippen molar-refractivity contribution in [1.82, 2.24) is 5.32 Å². The third-order valence-electron chi connectivity index (χ3n) is 5.44. The van der Waals surface area contributed by atoms with E-state index in [0.29, 0.717) is 17.3 Å². The maximum Gasteiger partial charge on any atom is 0.412 e. The number of hydrogen-bond acceptors (Lipinski definition) is 5. The van der Waals surface area contributed by atoms with E-state index in [-0.39, 0.29) is 31.4 Å². The first-order valence-electron chi connectivity index (χ1n) is 10.4. The molecule has 2 aromatic carbocycles. The molecule has 4 rings (SSSR count). The van der Waals surface area contributed by atoms with Crippen LogP contribution in [0.4, 0.5) is 21.0 Å². The predicted octanol–water partition coefficient (Wildman–Crippen LogP) is 3.72. The predicted molar refractivity (Wildman–Crippen MR) is 116 cm³/mol. The minimum Gasteiger partial charge on any atom is -0.441 e. The van der Waals surface area contributed by atoms with Crippen molar-refractivity contribution < 1.29 is 23.8 Å². The Balaban J connectivity index is 1.26. The van der Waals surface area contributed by atoms with E-state index in [1.807, 2.05) is 42.5 Å². The van der Waals surface area contributed by atoms with Crippen LogP contribution in [0.1, 0.15) is 25.3 Å². The zero-order valence-electron chi connectivity index (χ0n) is 17.5. The van der Waals surface area contributed by atoms with E-state index < -0.39 is 18.3 Å². The number of carbonyl (C=O) groups excluding carboxylic acids is 2. The fourth-order valence-corrected chi connectivity index (χ4v) is 3.78. The number of fused-ring (bicyclic) bond motifs is 1. The molecule has 2 fully saturated rings. The van der Waals surface area contributed by atoms with Crippen LogP contribution in [0.15, 0.2) is 54.6 Å². The van der Waals surface area contributed by atoms with Crippen LogP contribution < -0.4 is 16.0 Å². The summed E-state index contributed by atoms with van der Waals surface area (Å²) in [5, 5.41) is 8.38. The van der Waals surface area contributed by atoms with Crippen molar-refractivity contribution in [2.24, 2.45) is 0 Å². The molecule has 2 aliphatic rings. The molecule has 3 N–H and O–H groups in total. The summed E-state index contributed by atoms with van der Waals surface area (Å²) in [7, 11) is 0. The SMILES string of the molecule is CC(C)c1ccc(NC(=O)O[C@H]2CO[C@@H]3[C@@H]2OC[C@@H]3NC(=O)Nc2ccccc2)cc1. The molecule has 164 valence electrons. The maximum absolute atomic E-state index is 12.3. The number of carbonyl (C=O) groups is 2. The van der Waals surface area contributed by atoms with Crippen LogP contribution in [0.25, 0.3) is 0 Å². The smallest absolute Gasteiger partial charge is 0.412 e. The van der Waals surface area contributed by atoms with Gasteiger partial charge in [0, 0.05) is 11.4 Å². The van der Waals surface area contributed by atoms with Gasteiger partial charge in [0.1, 0.15) is 12.2 Å². The van der Waals surface area contributed by atoms with Gasteiger partial charge in [0.25, 0.3) is 0 Å². The summed E-state index contributed by atoms with van der Waals surface area (Å²) < 4.78 is 17.1. The Hall–Kier alpha value is -3.10. The number of urea groups is 1. The number of rotatable bonds is 5. The average molecular weight is 425 g/mol. The van der Waals surface area contributed by atoms with Gasteiger partial charge in [0.2, 0.25) is 0 Å². The van der Waals surface area contributed by atoms with Crippen LogP contribution >= 0.6 is 0 Å². The Bertz CT molecular complexity index is 903. The standard InChI is InChI=1S/C23H27N3O5/c1-14(2)15-8-10-17(11-9-15)25-23(28)31-19-13-30-20-18(12-29-21(19)20)26-22(27)24-16-6-4-3-5-7-16/h3-11,14,18-21H,12-13H2,1-2H3,(H,25,28)(H2,24,26,27)/t18-,19-,20-,21+/m0/s1. The van der Waals surface area contributed by atoms with Gasteiger partial charge in [-0.25, -0.2) is 9.59 Å². The van der Waals surface area contributed by atoms with Gasteiger partial charge in [-0.3, -0.25) is 5.32 Å². The lowest BCUT2D eigenvalue weighted by Crippen LogP contribution is -2.46. The van der Waals surface area contributed by atoms with E-state index in [1.54, 1.807) is 12.1 Å². The Morgan fingerprint density at radius 2 is 1.58 bits per heavy atom. The first-order chi connectivity index (χ1) is 15.0. The normalized spacial score (nSPS) is 24.5. The van der Waals surface area contributed by atoms with Gasteiger partial charge >= 0.3 is 12.1 Å². The molecule has 2 aromatic rings. The second-order valence-electron chi connectivity index (χ2n) is 8.01. The van der Waals surface area contributed by atoms with Crippen molar-refractivity contribution in [3.63, 3.8) is 0 Å². The fraction of sp³-hybridized carbons (Fsp3) is 0.391. The fourth-order valence-electron chi connectivity index (χ4n) is 3.78. The zero-order valence-corrected chi connectivity index (χ0v) is 17.5. The van der Waals surface area contributed by atoms with Crippen LogP contribution in [-0.2, 0) is 14.2 Å². The summed E-state index contributed by atoms with van der Waals surface area (Å²) in [4.78, 5) is 24.6. The summed E-state index contributed by atoms with van der Waals surface area (Å²) in [6.07, 6.45) is -1.89. The lowest BCUT2D eigenvalue weighted by molar-refractivity contribution is 0.00874. The van der Waals surface area contributed by atoms with Crippen molar-refractivity contribution in [3.8, 4) is 0 Å². The number of benzene rings is 2. The molecule has 2 aliphatic heterocycles. The van der Waals surface area contributed by atoms with Gasteiger partial charge in [-0.05, 0) is 35.7 Å². The molecule has 0 radical (unpaired) electrons. The highest BCUT2D eigenvalue weighted by Crippen LogP contribution is 2.29. The van der Waals surface area contributed by atoms with E-state index in [9.17, 15) is 9.59 Å². The first kappa shape index (κ1) is 21.1. The van der Waals surface area contributed by atoms with E-state index in [2.05, 4.69) is 29.8 Å². The minimum absolute atomic E-state index is 0.216. The van der Waals surface area contributed by atoms with Crippen LogP contribution in [0, 0.1) is 0 Å². The lowest BCUT2D eigenvalue weighted by atomic mass is 10.0. The second-order valence-corrected chi connectivity index (χ2v) is 8.01. The number of para-hydroxylation sites is 1. The van der Waals surface area contributed by atoms with Crippen molar-refractivity contribution in [2.75, 3.05) is 23.8 Å². The van der Waals surface area contributed by atoms with E-state index in [0.717, 1.165) is 0 Å². The van der Waals surface area contributed by atoms with Crippen molar-refractivity contribution in [3.05, 3.63) is 60.2 Å². The largest absolute Gasteiger partial charge is 0.441 e. The topological polar surface area (TPSA) is 97.9 Å². The highest BCUT2D eigenvalue weighted by atomic mass is 16.6. The van der Waals surface area contributed by atoms with Crippen LogP contribution in [0.5, 0.6) is 0 Å². The van der Waals surface area contributed by atoms with Gasteiger partial charge in [-0.2, -0.15) is 0 Å². The molecular formula is C23H27N3O5. The quantitative estimate of drug-likeness (QED) is 0.678. The summed E-state index contributed by atoms with van der Waals surface area (Å²) in [5.74, 6) is 0.421. The molecule has 0 unspecified atom stereocenters. The van der Waals surface area contributed by atoms with Crippen molar-refractivity contribution in [1.29, 1.82) is 0 Å². The minimum atomic E-state index is -0.562. The number of amides is 3. The molecule has 0 bridgehead atoms. The molecule has 31 heavy (non-hydrogen) atoms.